The van der Waals surface area contributed by atoms with E-state index in [-0.39, 0.29) is 0 Å². The zero-order valence-corrected chi connectivity index (χ0v) is 14.1. The van der Waals surface area contributed by atoms with Crippen molar-refractivity contribution in [1.82, 2.24) is 5.32 Å². The number of ether oxygens (including phenoxy) is 1. The van der Waals surface area contributed by atoms with E-state index in [9.17, 15) is 0 Å². The Morgan fingerprint density at radius 2 is 1.68 bits per heavy atom. The first-order valence-corrected chi connectivity index (χ1v) is 8.19. The van der Waals surface area contributed by atoms with Crippen LogP contribution in [0, 0.1) is 11.3 Å². The Morgan fingerprint density at radius 3 is 2.26 bits per heavy atom. The summed E-state index contributed by atoms with van der Waals surface area (Å²) >= 11 is 0. The van der Waals surface area contributed by atoms with Crippen LogP contribution in [0.5, 0.6) is 0 Å². The predicted molar refractivity (Wildman–Crippen MR) is 85.7 cm³/mol. The van der Waals surface area contributed by atoms with Crippen molar-refractivity contribution in [2.75, 3.05) is 26.8 Å². The number of nitrogens with one attached hydrogen (secondary N) is 1. The first-order valence-electron chi connectivity index (χ1n) is 8.19. The molecule has 0 bridgehead atoms. The molecule has 0 aliphatic heterocycles. The lowest BCUT2D eigenvalue weighted by atomic mass is 9.96. The topological polar surface area (TPSA) is 21.3 Å². The number of hydrogen-bond acceptors (Lipinski definition) is 2. The van der Waals surface area contributed by atoms with Gasteiger partial charge in [0, 0.05) is 13.7 Å². The average molecular weight is 271 g/mol. The first-order chi connectivity index (χ1) is 8.99. The van der Waals surface area contributed by atoms with Crippen molar-refractivity contribution in [3.05, 3.63) is 0 Å². The quantitative estimate of drug-likeness (QED) is 0.522. The van der Waals surface area contributed by atoms with E-state index >= 15 is 0 Å². The Hall–Kier alpha value is -0.0800. The summed E-state index contributed by atoms with van der Waals surface area (Å²) < 4.78 is 5.32. The molecular formula is C17H37NO. The summed E-state index contributed by atoms with van der Waals surface area (Å²) in [4.78, 5) is 0. The van der Waals surface area contributed by atoms with Gasteiger partial charge in [-0.2, -0.15) is 0 Å². The van der Waals surface area contributed by atoms with Gasteiger partial charge in [0.1, 0.15) is 0 Å². The Morgan fingerprint density at radius 1 is 1.00 bits per heavy atom. The Bertz CT molecular complexity index is 186. The third-order valence-electron chi connectivity index (χ3n) is 3.49. The van der Waals surface area contributed by atoms with Gasteiger partial charge in [0.2, 0.25) is 0 Å². The maximum Gasteiger partial charge on any atom is 0.0490 e. The van der Waals surface area contributed by atoms with Gasteiger partial charge >= 0.3 is 0 Å². The molecule has 0 amide bonds. The highest BCUT2D eigenvalue weighted by Crippen LogP contribution is 2.17. The number of methoxy groups -OCH3 is 1. The fraction of sp³-hybridized carbons (Fsp3) is 1.00. The minimum absolute atomic E-state index is 0.406. The SMILES string of the molecule is CCCC[C@H](CCCCCNCC(C)(C)C)COC. The van der Waals surface area contributed by atoms with Crippen LogP contribution in [0.4, 0.5) is 0 Å². The molecular weight excluding hydrogens is 234 g/mol. The fourth-order valence-corrected chi connectivity index (χ4v) is 2.36. The molecule has 0 saturated heterocycles. The highest BCUT2D eigenvalue weighted by molar-refractivity contribution is 4.65. The van der Waals surface area contributed by atoms with Gasteiger partial charge < -0.3 is 10.1 Å². The van der Waals surface area contributed by atoms with Crippen molar-refractivity contribution in [2.24, 2.45) is 11.3 Å². The standard InChI is InChI=1S/C17H37NO/c1-6-7-11-16(14-19-5)12-9-8-10-13-18-15-17(2,3)4/h16,18H,6-15H2,1-5H3/t16-/m1/s1. The van der Waals surface area contributed by atoms with E-state index in [4.69, 9.17) is 4.74 Å². The van der Waals surface area contributed by atoms with Gasteiger partial charge in [-0.05, 0) is 43.7 Å². The summed E-state index contributed by atoms with van der Waals surface area (Å²) in [6.07, 6.45) is 9.35. The molecule has 19 heavy (non-hydrogen) atoms. The van der Waals surface area contributed by atoms with Crippen LogP contribution in [0.3, 0.4) is 0 Å². The molecule has 0 aromatic carbocycles. The lowest BCUT2D eigenvalue weighted by Gasteiger charge is -2.19. The molecule has 2 nitrogen and oxygen atoms in total. The maximum atomic E-state index is 5.32. The van der Waals surface area contributed by atoms with Crippen LogP contribution in [0.2, 0.25) is 0 Å². The second kappa shape index (κ2) is 11.7. The zero-order valence-electron chi connectivity index (χ0n) is 14.1. The first kappa shape index (κ1) is 18.9. The van der Waals surface area contributed by atoms with Crippen LogP contribution in [-0.2, 0) is 4.74 Å². The molecule has 116 valence electrons. The normalized spacial score (nSPS) is 13.7. The van der Waals surface area contributed by atoms with E-state index in [1.807, 2.05) is 7.11 Å². The summed E-state index contributed by atoms with van der Waals surface area (Å²) in [5, 5.41) is 3.55. The van der Waals surface area contributed by atoms with E-state index in [1.54, 1.807) is 0 Å². The van der Waals surface area contributed by atoms with Crippen molar-refractivity contribution >= 4 is 0 Å². The lowest BCUT2D eigenvalue weighted by molar-refractivity contribution is 0.140. The molecule has 1 atom stereocenters. The van der Waals surface area contributed by atoms with E-state index in [0.29, 0.717) is 5.41 Å². The Balaban J connectivity index is 3.44. The highest BCUT2D eigenvalue weighted by atomic mass is 16.5. The van der Waals surface area contributed by atoms with Crippen LogP contribution in [0.1, 0.15) is 72.6 Å². The molecule has 0 aliphatic rings. The molecule has 0 radical (unpaired) electrons. The summed E-state index contributed by atoms with van der Waals surface area (Å²) in [5.74, 6) is 0.785. The van der Waals surface area contributed by atoms with E-state index in [0.717, 1.165) is 19.1 Å². The van der Waals surface area contributed by atoms with Crippen LogP contribution in [0.15, 0.2) is 0 Å². The molecule has 0 aliphatic carbocycles. The third-order valence-corrected chi connectivity index (χ3v) is 3.49. The van der Waals surface area contributed by atoms with Gasteiger partial charge in [-0.25, -0.2) is 0 Å². The summed E-state index contributed by atoms with van der Waals surface area (Å²) in [7, 11) is 1.83. The third kappa shape index (κ3) is 14.1. The van der Waals surface area contributed by atoms with Crippen molar-refractivity contribution < 1.29 is 4.74 Å². The fourth-order valence-electron chi connectivity index (χ4n) is 2.36. The molecule has 2 heteroatoms. The van der Waals surface area contributed by atoms with Crippen LogP contribution in [-0.4, -0.2) is 26.8 Å². The van der Waals surface area contributed by atoms with E-state index in [2.05, 4.69) is 33.0 Å². The maximum absolute atomic E-state index is 5.32. The molecule has 0 fully saturated rings. The van der Waals surface area contributed by atoms with Crippen molar-refractivity contribution in [3.8, 4) is 0 Å². The van der Waals surface area contributed by atoms with Gasteiger partial charge in [-0.1, -0.05) is 53.4 Å². The molecule has 1 N–H and O–H groups in total. The van der Waals surface area contributed by atoms with Gasteiger partial charge in [0.25, 0.3) is 0 Å². The van der Waals surface area contributed by atoms with Crippen molar-refractivity contribution in [3.63, 3.8) is 0 Å². The Labute approximate surface area is 121 Å². The molecule has 0 aromatic heterocycles. The predicted octanol–water partition coefficient (Wildman–Crippen LogP) is 4.64. The lowest BCUT2D eigenvalue weighted by Crippen LogP contribution is -2.27. The van der Waals surface area contributed by atoms with Gasteiger partial charge in [0.15, 0.2) is 0 Å². The molecule has 0 saturated carbocycles. The van der Waals surface area contributed by atoms with Crippen molar-refractivity contribution in [2.45, 2.75) is 72.6 Å². The van der Waals surface area contributed by atoms with Gasteiger partial charge in [-0.15, -0.1) is 0 Å². The van der Waals surface area contributed by atoms with Gasteiger partial charge in [0.05, 0.1) is 0 Å². The number of rotatable bonds is 12. The van der Waals surface area contributed by atoms with Crippen molar-refractivity contribution in [1.29, 1.82) is 0 Å². The van der Waals surface area contributed by atoms with Gasteiger partial charge in [-0.3, -0.25) is 0 Å². The highest BCUT2D eigenvalue weighted by Gasteiger charge is 2.09. The molecule has 0 spiro atoms. The van der Waals surface area contributed by atoms with Crippen LogP contribution >= 0.6 is 0 Å². The summed E-state index contributed by atoms with van der Waals surface area (Å²) in [6.45, 7) is 12.3. The van der Waals surface area contributed by atoms with E-state index in [1.165, 1.54) is 51.5 Å². The second-order valence-electron chi connectivity index (χ2n) is 7.05. The summed E-state index contributed by atoms with van der Waals surface area (Å²) in [6, 6.07) is 0. The van der Waals surface area contributed by atoms with Crippen LogP contribution < -0.4 is 5.32 Å². The number of hydrogen-bond donors (Lipinski definition) is 1. The Kier molecular flexibility index (Phi) is 11.7. The largest absolute Gasteiger partial charge is 0.384 e. The van der Waals surface area contributed by atoms with Crippen LogP contribution in [0.25, 0.3) is 0 Å². The smallest absolute Gasteiger partial charge is 0.0490 e. The summed E-state index contributed by atoms with van der Waals surface area (Å²) in [5.41, 5.74) is 0.406. The molecule has 0 aromatic rings. The zero-order chi connectivity index (χ0) is 14.6. The monoisotopic (exact) mass is 271 g/mol. The molecule has 0 heterocycles. The molecule has 0 rings (SSSR count). The second-order valence-corrected chi connectivity index (χ2v) is 7.05. The minimum atomic E-state index is 0.406. The number of unbranched alkanes of at least 4 members (excludes halogenated alkanes) is 3. The average Bonchev–Trinajstić information content (AvgIpc) is 2.33. The van der Waals surface area contributed by atoms with E-state index < -0.39 is 0 Å². The molecule has 0 unspecified atom stereocenters. The minimum Gasteiger partial charge on any atom is -0.384 e.